The van der Waals surface area contributed by atoms with Gasteiger partial charge in [0.2, 0.25) is 11.8 Å². The lowest BCUT2D eigenvalue weighted by atomic mass is 10.1. The second-order valence-electron chi connectivity index (χ2n) is 6.70. The van der Waals surface area contributed by atoms with Gasteiger partial charge < -0.3 is 19.7 Å². The number of hydrogen-bond acceptors (Lipinski definition) is 5. The van der Waals surface area contributed by atoms with Gasteiger partial charge in [-0.2, -0.15) is 0 Å². The Bertz CT molecular complexity index is 956. The number of benzene rings is 2. The van der Waals surface area contributed by atoms with Gasteiger partial charge in [-0.3, -0.25) is 0 Å². The molecule has 4 rings (SSSR count). The molecule has 2 aromatic carbocycles. The molecule has 7 nitrogen and oxygen atoms in total. The molecule has 1 fully saturated rings. The number of carbonyl (C=O) groups is 1. The van der Waals surface area contributed by atoms with Crippen LogP contribution in [0.1, 0.15) is 12.8 Å². The van der Waals surface area contributed by atoms with Gasteiger partial charge in [0.1, 0.15) is 6.10 Å². The molecule has 3 aromatic rings. The predicted molar refractivity (Wildman–Crippen MR) is 107 cm³/mol. The molecule has 1 aliphatic rings. The number of nitrogens with zero attached hydrogens (tertiary/aromatic N) is 3. The second kappa shape index (κ2) is 8.12. The van der Waals surface area contributed by atoms with Gasteiger partial charge in [0.25, 0.3) is 0 Å². The average Bonchev–Trinajstić information content (AvgIpc) is 2.75. The van der Waals surface area contributed by atoms with E-state index in [0.717, 1.165) is 29.3 Å². The molecule has 0 radical (unpaired) electrons. The van der Waals surface area contributed by atoms with E-state index in [2.05, 4.69) is 15.5 Å². The molecule has 1 aliphatic heterocycles. The molecule has 1 saturated heterocycles. The molecule has 1 N–H and O–H groups in total. The van der Waals surface area contributed by atoms with Crippen molar-refractivity contribution in [1.29, 1.82) is 0 Å². The molecule has 0 spiro atoms. The lowest BCUT2D eigenvalue weighted by Gasteiger charge is -2.32. The normalized spacial score (nSPS) is 16.6. The van der Waals surface area contributed by atoms with E-state index in [4.69, 9.17) is 9.47 Å². The van der Waals surface area contributed by atoms with E-state index in [1.165, 1.54) is 7.11 Å². The zero-order valence-corrected chi connectivity index (χ0v) is 15.7. The predicted octanol–water partition coefficient (Wildman–Crippen LogP) is 3.71. The van der Waals surface area contributed by atoms with Gasteiger partial charge in [-0.1, -0.05) is 36.4 Å². The van der Waals surface area contributed by atoms with Crippen molar-refractivity contribution in [2.45, 2.75) is 18.9 Å². The highest BCUT2D eigenvalue weighted by molar-refractivity contribution is 6.01. The van der Waals surface area contributed by atoms with Crippen molar-refractivity contribution in [2.75, 3.05) is 25.5 Å². The maximum atomic E-state index is 12.8. The highest BCUT2D eigenvalue weighted by Gasteiger charge is 2.25. The van der Waals surface area contributed by atoms with Crippen molar-refractivity contribution < 1.29 is 14.3 Å². The van der Waals surface area contributed by atoms with Crippen LogP contribution in [0.5, 0.6) is 11.8 Å². The molecule has 2 heterocycles. The number of amides is 2. The summed E-state index contributed by atoms with van der Waals surface area (Å²) in [5, 5.41) is 13.1. The van der Waals surface area contributed by atoms with E-state index < -0.39 is 0 Å². The summed E-state index contributed by atoms with van der Waals surface area (Å²) in [4.78, 5) is 14.6. The highest BCUT2D eigenvalue weighted by Crippen LogP contribution is 2.24. The van der Waals surface area contributed by atoms with Gasteiger partial charge in [-0.15, -0.1) is 10.2 Å². The third-order valence-electron chi connectivity index (χ3n) is 4.81. The summed E-state index contributed by atoms with van der Waals surface area (Å²) in [7, 11) is 1.54. The molecule has 2 amide bonds. The van der Waals surface area contributed by atoms with Crippen LogP contribution in [-0.4, -0.2) is 47.4 Å². The van der Waals surface area contributed by atoms with E-state index >= 15 is 0 Å². The van der Waals surface area contributed by atoms with E-state index in [1.54, 1.807) is 17.0 Å². The van der Waals surface area contributed by atoms with E-state index in [9.17, 15) is 4.79 Å². The lowest BCUT2D eigenvalue weighted by molar-refractivity contribution is 0.101. The first-order valence-corrected chi connectivity index (χ1v) is 9.31. The standard InChI is InChI=1S/C21H22N4O3/c1-27-19-11-12-20(24-23-19)28-16-8-5-13-25(14-16)21(26)22-18-10-4-7-15-6-2-3-9-17(15)18/h2-4,6-7,9-12,16H,5,8,13-14H2,1H3,(H,22,26). The SMILES string of the molecule is COc1ccc(OC2CCCN(C(=O)Nc3cccc4ccccc34)C2)nn1. The first kappa shape index (κ1) is 18.0. The largest absolute Gasteiger partial charge is 0.480 e. The number of ether oxygens (including phenoxy) is 2. The summed E-state index contributed by atoms with van der Waals surface area (Å²) in [5.74, 6) is 0.870. The Hall–Kier alpha value is -3.35. The van der Waals surface area contributed by atoms with Crippen molar-refractivity contribution >= 4 is 22.5 Å². The number of fused-ring (bicyclic) bond motifs is 1. The molecule has 1 unspecified atom stereocenters. The molecule has 0 bridgehead atoms. The third kappa shape index (κ3) is 3.98. The van der Waals surface area contributed by atoms with Crippen LogP contribution in [0.4, 0.5) is 10.5 Å². The maximum absolute atomic E-state index is 12.8. The minimum absolute atomic E-state index is 0.116. The Morgan fingerprint density at radius 2 is 1.86 bits per heavy atom. The number of likely N-dealkylation sites (tertiary alicyclic amines) is 1. The first-order chi connectivity index (χ1) is 13.7. The van der Waals surface area contributed by atoms with Gasteiger partial charge in [-0.25, -0.2) is 4.79 Å². The third-order valence-corrected chi connectivity index (χ3v) is 4.81. The van der Waals surface area contributed by atoms with E-state index in [0.29, 0.717) is 24.8 Å². The summed E-state index contributed by atoms with van der Waals surface area (Å²) in [5.41, 5.74) is 0.812. The fourth-order valence-electron chi connectivity index (χ4n) is 3.40. The number of methoxy groups -OCH3 is 1. The summed E-state index contributed by atoms with van der Waals surface area (Å²) in [6, 6.07) is 17.2. The number of hydrogen-bond donors (Lipinski definition) is 1. The van der Waals surface area contributed by atoms with Crippen LogP contribution >= 0.6 is 0 Å². The van der Waals surface area contributed by atoms with Crippen LogP contribution in [0, 0.1) is 0 Å². The molecule has 144 valence electrons. The number of anilines is 1. The molecule has 7 heteroatoms. The van der Waals surface area contributed by atoms with Gasteiger partial charge in [0, 0.05) is 24.1 Å². The van der Waals surface area contributed by atoms with E-state index in [-0.39, 0.29) is 12.1 Å². The van der Waals surface area contributed by atoms with Gasteiger partial charge in [-0.05, 0) is 24.3 Å². The average molecular weight is 378 g/mol. The molecule has 0 saturated carbocycles. The zero-order chi connectivity index (χ0) is 19.3. The number of nitrogens with one attached hydrogen (secondary N) is 1. The van der Waals surface area contributed by atoms with Crippen LogP contribution in [0.3, 0.4) is 0 Å². The van der Waals surface area contributed by atoms with Crippen molar-refractivity contribution in [3.05, 3.63) is 54.6 Å². The van der Waals surface area contributed by atoms with Crippen LogP contribution in [0.25, 0.3) is 10.8 Å². The van der Waals surface area contributed by atoms with Crippen molar-refractivity contribution in [3.63, 3.8) is 0 Å². The van der Waals surface area contributed by atoms with Crippen LogP contribution < -0.4 is 14.8 Å². The Kier molecular flexibility index (Phi) is 5.23. The molecule has 0 aliphatic carbocycles. The number of carbonyl (C=O) groups excluding carboxylic acids is 1. The zero-order valence-electron chi connectivity index (χ0n) is 15.7. The smallest absolute Gasteiger partial charge is 0.321 e. The Labute approximate surface area is 163 Å². The quantitative estimate of drug-likeness (QED) is 0.749. The van der Waals surface area contributed by atoms with E-state index in [1.807, 2.05) is 42.5 Å². The summed E-state index contributed by atoms with van der Waals surface area (Å²) in [6.07, 6.45) is 1.62. The monoisotopic (exact) mass is 378 g/mol. The number of piperidine rings is 1. The van der Waals surface area contributed by atoms with Crippen LogP contribution in [-0.2, 0) is 0 Å². The number of rotatable bonds is 4. The van der Waals surface area contributed by atoms with Gasteiger partial charge in [0.05, 0.1) is 19.3 Å². The molecule has 1 atom stereocenters. The minimum atomic E-state index is -0.120. The van der Waals surface area contributed by atoms with Gasteiger partial charge in [0.15, 0.2) is 0 Å². The number of aromatic nitrogens is 2. The molecule has 1 aromatic heterocycles. The summed E-state index contributed by atoms with van der Waals surface area (Å²) in [6.45, 7) is 1.20. The Balaban J connectivity index is 1.41. The maximum Gasteiger partial charge on any atom is 0.321 e. The minimum Gasteiger partial charge on any atom is -0.480 e. The fourth-order valence-corrected chi connectivity index (χ4v) is 3.40. The first-order valence-electron chi connectivity index (χ1n) is 9.31. The summed E-state index contributed by atoms with van der Waals surface area (Å²) >= 11 is 0. The topological polar surface area (TPSA) is 76.6 Å². The number of urea groups is 1. The fraction of sp³-hybridized carbons (Fsp3) is 0.286. The van der Waals surface area contributed by atoms with Crippen LogP contribution in [0.2, 0.25) is 0 Å². The van der Waals surface area contributed by atoms with Crippen LogP contribution in [0.15, 0.2) is 54.6 Å². The lowest BCUT2D eigenvalue weighted by Crippen LogP contribution is -2.46. The second-order valence-corrected chi connectivity index (χ2v) is 6.70. The Morgan fingerprint density at radius 1 is 1.07 bits per heavy atom. The molecule has 28 heavy (non-hydrogen) atoms. The van der Waals surface area contributed by atoms with Crippen molar-refractivity contribution in [1.82, 2.24) is 15.1 Å². The molecular weight excluding hydrogens is 356 g/mol. The van der Waals surface area contributed by atoms with Crippen molar-refractivity contribution in [2.24, 2.45) is 0 Å². The Morgan fingerprint density at radius 3 is 2.68 bits per heavy atom. The summed E-state index contributed by atoms with van der Waals surface area (Å²) < 4.78 is 10.9. The van der Waals surface area contributed by atoms with Gasteiger partial charge >= 0.3 is 6.03 Å². The molecular formula is C21H22N4O3. The highest BCUT2D eigenvalue weighted by atomic mass is 16.5. The van der Waals surface area contributed by atoms with Crippen molar-refractivity contribution in [3.8, 4) is 11.8 Å².